The zero-order valence-corrected chi connectivity index (χ0v) is 22.1. The van der Waals surface area contributed by atoms with Crippen molar-refractivity contribution in [3.8, 4) is 0 Å². The number of morpholine rings is 1. The quantitative estimate of drug-likeness (QED) is 0.445. The monoisotopic (exact) mass is 513 g/mol. The summed E-state index contributed by atoms with van der Waals surface area (Å²) in [7, 11) is 3.01. The Kier molecular flexibility index (Phi) is 7.97. The van der Waals surface area contributed by atoms with Crippen LogP contribution in [0.3, 0.4) is 0 Å². The summed E-state index contributed by atoms with van der Waals surface area (Å²) in [6.07, 6.45) is 4.09. The summed E-state index contributed by atoms with van der Waals surface area (Å²) in [6.45, 7) is 4.88. The Hall–Kier alpha value is -2.69. The molecule has 0 spiro atoms. The Labute approximate surface area is 218 Å². The van der Waals surface area contributed by atoms with Gasteiger partial charge in [0.15, 0.2) is 0 Å². The maximum absolute atomic E-state index is 13.8. The maximum Gasteiger partial charge on any atom is 0.406 e. The summed E-state index contributed by atoms with van der Waals surface area (Å²) < 4.78 is 18.1. The van der Waals surface area contributed by atoms with Gasteiger partial charge in [-0.25, -0.2) is 4.79 Å². The predicted octanol–water partition coefficient (Wildman–Crippen LogP) is 2.72. The lowest BCUT2D eigenvalue weighted by molar-refractivity contribution is -0.156. The van der Waals surface area contributed by atoms with Crippen LogP contribution in [0.15, 0.2) is 18.2 Å². The summed E-state index contributed by atoms with van der Waals surface area (Å²) in [4.78, 5) is 27.2. The SMILES string of the molecule is COC[C@@H]1CNC[C@H](C(=O)N(C2CC2)[C@H](C)c2nn(CCCNC(=O)OC)c3cc(C4CC4)ccc23)O1. The Balaban J connectivity index is 1.39. The van der Waals surface area contributed by atoms with Gasteiger partial charge in [-0.3, -0.25) is 9.48 Å². The summed E-state index contributed by atoms with van der Waals surface area (Å²) in [5.41, 5.74) is 3.35. The molecule has 5 rings (SSSR count). The van der Waals surface area contributed by atoms with Crippen LogP contribution in [0, 0.1) is 0 Å². The van der Waals surface area contributed by atoms with Gasteiger partial charge in [-0.2, -0.15) is 5.10 Å². The van der Waals surface area contributed by atoms with E-state index in [2.05, 4.69) is 40.5 Å². The first-order chi connectivity index (χ1) is 18.0. The zero-order valence-electron chi connectivity index (χ0n) is 22.1. The minimum Gasteiger partial charge on any atom is -0.453 e. The lowest BCUT2D eigenvalue weighted by Gasteiger charge is -2.36. The van der Waals surface area contributed by atoms with E-state index in [0.29, 0.717) is 38.7 Å². The average molecular weight is 514 g/mol. The Morgan fingerprint density at radius 2 is 2.05 bits per heavy atom. The molecule has 2 aromatic rings. The number of carbonyl (C=O) groups excluding carboxylic acids is 2. The third-order valence-corrected chi connectivity index (χ3v) is 7.55. The first-order valence-corrected chi connectivity index (χ1v) is 13.5. The van der Waals surface area contributed by atoms with Gasteiger partial charge in [0.05, 0.1) is 37.1 Å². The van der Waals surface area contributed by atoms with E-state index < -0.39 is 12.2 Å². The van der Waals surface area contributed by atoms with Gasteiger partial charge in [-0.1, -0.05) is 12.1 Å². The van der Waals surface area contributed by atoms with Crippen molar-refractivity contribution in [2.45, 2.75) is 75.8 Å². The second kappa shape index (κ2) is 11.4. The predicted molar refractivity (Wildman–Crippen MR) is 138 cm³/mol. The van der Waals surface area contributed by atoms with E-state index in [9.17, 15) is 9.59 Å². The molecule has 1 saturated heterocycles. The molecule has 3 atom stereocenters. The van der Waals surface area contributed by atoms with E-state index in [1.54, 1.807) is 7.11 Å². The normalized spacial score (nSPS) is 22.6. The van der Waals surface area contributed by atoms with Crippen molar-refractivity contribution in [1.82, 2.24) is 25.3 Å². The number of amides is 2. The smallest absolute Gasteiger partial charge is 0.406 e. The number of hydrogen-bond donors (Lipinski definition) is 2. The molecule has 1 aromatic carbocycles. The first kappa shape index (κ1) is 25.9. The highest BCUT2D eigenvalue weighted by Crippen LogP contribution is 2.42. The molecule has 0 unspecified atom stereocenters. The summed E-state index contributed by atoms with van der Waals surface area (Å²) in [6, 6.07) is 6.68. The van der Waals surface area contributed by atoms with E-state index >= 15 is 0 Å². The zero-order chi connectivity index (χ0) is 25.9. The summed E-state index contributed by atoms with van der Waals surface area (Å²) in [5, 5.41) is 12.2. The second-order valence-electron chi connectivity index (χ2n) is 10.4. The van der Waals surface area contributed by atoms with Crippen LogP contribution < -0.4 is 10.6 Å². The minimum atomic E-state index is -0.531. The van der Waals surface area contributed by atoms with Crippen molar-refractivity contribution in [3.63, 3.8) is 0 Å². The summed E-state index contributed by atoms with van der Waals surface area (Å²) >= 11 is 0. The van der Waals surface area contributed by atoms with Crippen LogP contribution in [0.5, 0.6) is 0 Å². The fraction of sp³-hybridized carbons (Fsp3) is 0.667. The average Bonchev–Trinajstić information content (AvgIpc) is 3.85. The van der Waals surface area contributed by atoms with Crippen LogP contribution in [0.2, 0.25) is 0 Å². The number of nitrogens with one attached hydrogen (secondary N) is 2. The lowest BCUT2D eigenvalue weighted by Crippen LogP contribution is -2.54. The molecule has 37 heavy (non-hydrogen) atoms. The molecule has 1 aliphatic heterocycles. The molecule has 10 heteroatoms. The molecule has 0 bridgehead atoms. The number of benzene rings is 1. The van der Waals surface area contributed by atoms with E-state index in [1.807, 2.05) is 9.58 Å². The highest BCUT2D eigenvalue weighted by Gasteiger charge is 2.42. The van der Waals surface area contributed by atoms with Gasteiger partial charge in [0, 0.05) is 44.7 Å². The number of carbonyl (C=O) groups is 2. The number of rotatable bonds is 11. The van der Waals surface area contributed by atoms with E-state index in [4.69, 9.17) is 14.6 Å². The van der Waals surface area contributed by atoms with Crippen molar-refractivity contribution in [2.75, 3.05) is 40.5 Å². The van der Waals surface area contributed by atoms with Crippen molar-refractivity contribution in [2.24, 2.45) is 0 Å². The second-order valence-corrected chi connectivity index (χ2v) is 10.4. The van der Waals surface area contributed by atoms with Gasteiger partial charge < -0.3 is 29.7 Å². The molecule has 2 heterocycles. The van der Waals surface area contributed by atoms with Crippen LogP contribution in [0.1, 0.15) is 62.2 Å². The van der Waals surface area contributed by atoms with Gasteiger partial charge >= 0.3 is 6.09 Å². The number of fused-ring (bicyclic) bond motifs is 1. The lowest BCUT2D eigenvalue weighted by atomic mass is 10.0. The van der Waals surface area contributed by atoms with Crippen molar-refractivity contribution < 1.29 is 23.8 Å². The molecule has 0 radical (unpaired) electrons. The van der Waals surface area contributed by atoms with Gasteiger partial charge in [0.25, 0.3) is 5.91 Å². The molecule has 3 fully saturated rings. The molecule has 2 aliphatic carbocycles. The van der Waals surface area contributed by atoms with Gasteiger partial charge in [0.2, 0.25) is 0 Å². The van der Waals surface area contributed by atoms with Crippen molar-refractivity contribution in [1.29, 1.82) is 0 Å². The molecule has 2 N–H and O–H groups in total. The van der Waals surface area contributed by atoms with Crippen molar-refractivity contribution >= 4 is 22.9 Å². The topological polar surface area (TPSA) is 107 Å². The molecular formula is C27H39N5O5. The fourth-order valence-corrected chi connectivity index (χ4v) is 5.33. The van der Waals surface area contributed by atoms with Gasteiger partial charge in [-0.05, 0) is 56.6 Å². The Morgan fingerprint density at radius 3 is 2.76 bits per heavy atom. The number of hydrogen-bond acceptors (Lipinski definition) is 7. The summed E-state index contributed by atoms with van der Waals surface area (Å²) in [5.74, 6) is 0.651. The third kappa shape index (κ3) is 5.91. The van der Waals surface area contributed by atoms with Crippen LogP contribution in [0.4, 0.5) is 4.79 Å². The molecule has 2 saturated carbocycles. The van der Waals surface area contributed by atoms with Gasteiger partial charge in [-0.15, -0.1) is 0 Å². The molecule has 3 aliphatic rings. The maximum atomic E-state index is 13.8. The Bertz CT molecular complexity index is 1110. The third-order valence-electron chi connectivity index (χ3n) is 7.55. The molecule has 202 valence electrons. The fourth-order valence-electron chi connectivity index (χ4n) is 5.33. The van der Waals surface area contributed by atoms with Crippen LogP contribution >= 0.6 is 0 Å². The number of methoxy groups -OCH3 is 2. The van der Waals surface area contributed by atoms with Crippen molar-refractivity contribution in [3.05, 3.63) is 29.5 Å². The number of nitrogens with zero attached hydrogens (tertiary/aromatic N) is 3. The highest BCUT2D eigenvalue weighted by molar-refractivity contribution is 5.86. The molecule has 1 aromatic heterocycles. The Morgan fingerprint density at radius 1 is 1.24 bits per heavy atom. The minimum absolute atomic E-state index is 0.0166. The number of aryl methyl sites for hydroxylation is 1. The number of ether oxygens (including phenoxy) is 3. The van der Waals surface area contributed by atoms with Gasteiger partial charge in [0.1, 0.15) is 6.10 Å². The van der Waals surface area contributed by atoms with E-state index in [1.165, 1.54) is 25.5 Å². The number of alkyl carbamates (subject to hydrolysis) is 1. The highest BCUT2D eigenvalue weighted by atomic mass is 16.5. The standard InChI is InChI=1S/C27H39N5O5/c1-17(32(20-8-9-20)26(33)24-15-28-14-21(37-24)16-35-2)25-22-10-7-19(18-5-6-18)13-23(22)31(30-25)12-4-11-29-27(34)36-3/h7,10,13,17-18,20-21,24,28H,4-6,8-9,11-12,14-16H2,1-3H3,(H,29,34)/t17-,21+,24-/m1/s1. The van der Waals surface area contributed by atoms with E-state index in [0.717, 1.165) is 35.9 Å². The van der Waals surface area contributed by atoms with Crippen LogP contribution in [0.25, 0.3) is 10.9 Å². The number of aromatic nitrogens is 2. The van der Waals surface area contributed by atoms with Crippen LogP contribution in [-0.4, -0.2) is 85.4 Å². The molecular weight excluding hydrogens is 474 g/mol. The first-order valence-electron chi connectivity index (χ1n) is 13.5. The largest absolute Gasteiger partial charge is 0.453 e. The molecule has 10 nitrogen and oxygen atoms in total. The van der Waals surface area contributed by atoms with Crippen LogP contribution in [-0.2, 0) is 25.5 Å². The van der Waals surface area contributed by atoms with E-state index in [-0.39, 0.29) is 24.1 Å². The molecule has 2 amide bonds.